The highest BCUT2D eigenvalue weighted by Crippen LogP contribution is 2.43. The van der Waals surface area contributed by atoms with Crippen molar-refractivity contribution in [1.82, 2.24) is 20.2 Å². The number of aryl methyl sites for hydroxylation is 1. The minimum atomic E-state index is -0.605. The van der Waals surface area contributed by atoms with E-state index in [1.165, 1.54) is 0 Å². The van der Waals surface area contributed by atoms with Gasteiger partial charge in [0.25, 0.3) is 0 Å². The van der Waals surface area contributed by atoms with Crippen molar-refractivity contribution in [2.45, 2.75) is 40.3 Å². The van der Waals surface area contributed by atoms with Gasteiger partial charge < -0.3 is 19.5 Å². The van der Waals surface area contributed by atoms with Gasteiger partial charge in [0.15, 0.2) is 11.5 Å². The molecule has 1 aliphatic rings. The number of rotatable bonds is 8. The number of benzene rings is 2. The molecule has 0 saturated heterocycles. The molecule has 0 amide bonds. The number of esters is 1. The van der Waals surface area contributed by atoms with E-state index < -0.39 is 12.0 Å². The average Bonchev–Trinajstić information content (AvgIpc) is 3.26. The second kappa shape index (κ2) is 10.3. The number of tetrazole rings is 1. The van der Waals surface area contributed by atoms with E-state index in [1.54, 1.807) is 18.5 Å². The van der Waals surface area contributed by atoms with E-state index in [9.17, 15) is 4.79 Å². The molecule has 178 valence electrons. The molecule has 3 aromatic rings. The fourth-order valence-electron chi connectivity index (χ4n) is 3.86. The van der Waals surface area contributed by atoms with Crippen molar-refractivity contribution in [2.24, 2.45) is 0 Å². The molecule has 34 heavy (non-hydrogen) atoms. The molecule has 0 aliphatic carbocycles. The molecule has 1 aromatic heterocycles. The summed E-state index contributed by atoms with van der Waals surface area (Å²) < 4.78 is 19.7. The Balaban J connectivity index is 1.76. The summed E-state index contributed by atoms with van der Waals surface area (Å²) in [7, 11) is 0. The Morgan fingerprint density at radius 1 is 1.15 bits per heavy atom. The normalized spacial score (nSPS) is 14.9. The lowest BCUT2D eigenvalue weighted by Gasteiger charge is -2.28. The molecule has 2 aromatic carbocycles. The van der Waals surface area contributed by atoms with E-state index in [-0.39, 0.29) is 6.61 Å². The fraction of sp³-hybridized carbons (Fsp3) is 0.333. The van der Waals surface area contributed by atoms with Crippen LogP contribution >= 0.6 is 15.9 Å². The molecule has 1 aliphatic heterocycles. The lowest BCUT2D eigenvalue weighted by Crippen LogP contribution is -2.29. The number of anilines is 1. The molecule has 10 heteroatoms. The lowest BCUT2D eigenvalue weighted by molar-refractivity contribution is -0.139. The Morgan fingerprint density at radius 2 is 1.94 bits per heavy atom. The van der Waals surface area contributed by atoms with E-state index in [2.05, 4.69) is 36.8 Å². The van der Waals surface area contributed by atoms with Gasteiger partial charge in [-0.05, 0) is 82.9 Å². The Bertz CT molecular complexity index is 1240. The number of nitrogens with one attached hydrogen (secondary N) is 1. The zero-order chi connectivity index (χ0) is 24.2. The second-order valence-corrected chi connectivity index (χ2v) is 8.57. The molecule has 1 N–H and O–H groups in total. The summed E-state index contributed by atoms with van der Waals surface area (Å²) >= 11 is 3.65. The fourth-order valence-corrected chi connectivity index (χ4v) is 4.44. The van der Waals surface area contributed by atoms with Crippen molar-refractivity contribution in [1.29, 1.82) is 0 Å². The Hall–Kier alpha value is -3.40. The number of allylic oxidation sites excluding steroid dienone is 1. The minimum absolute atomic E-state index is 0.254. The first-order chi connectivity index (χ1) is 16.4. The van der Waals surface area contributed by atoms with Crippen LogP contribution in [0.1, 0.15) is 43.5 Å². The van der Waals surface area contributed by atoms with Crippen LogP contribution in [0.25, 0.3) is 0 Å². The third-order valence-electron chi connectivity index (χ3n) is 5.49. The number of carbonyl (C=O) groups excluding carboxylic acids is 1. The van der Waals surface area contributed by atoms with Crippen LogP contribution in [-0.4, -0.2) is 39.4 Å². The van der Waals surface area contributed by atoms with E-state index in [0.29, 0.717) is 46.4 Å². The summed E-state index contributed by atoms with van der Waals surface area (Å²) in [5, 5.41) is 15.0. The molecule has 1 atom stereocenters. The topological polar surface area (TPSA) is 100 Å². The Morgan fingerprint density at radius 3 is 2.68 bits per heavy atom. The van der Waals surface area contributed by atoms with E-state index in [1.807, 2.05) is 50.2 Å². The van der Waals surface area contributed by atoms with Gasteiger partial charge in [0, 0.05) is 5.70 Å². The molecule has 1 unspecified atom stereocenters. The smallest absolute Gasteiger partial charge is 0.338 e. The summed E-state index contributed by atoms with van der Waals surface area (Å²) in [4.78, 5) is 12.9. The number of nitrogens with zero attached hydrogens (tertiary/aromatic N) is 4. The summed E-state index contributed by atoms with van der Waals surface area (Å²) in [6.07, 6.45) is 0. The van der Waals surface area contributed by atoms with Crippen LogP contribution in [0.3, 0.4) is 0 Å². The predicted octanol–water partition coefficient (Wildman–Crippen LogP) is 4.57. The maximum absolute atomic E-state index is 12.9. The highest BCUT2D eigenvalue weighted by molar-refractivity contribution is 9.10. The van der Waals surface area contributed by atoms with E-state index in [4.69, 9.17) is 14.2 Å². The number of hydrogen-bond acceptors (Lipinski definition) is 8. The molecular weight excluding hydrogens is 502 g/mol. The van der Waals surface area contributed by atoms with Gasteiger partial charge in [0.1, 0.15) is 12.6 Å². The highest BCUT2D eigenvalue weighted by Gasteiger charge is 2.35. The van der Waals surface area contributed by atoms with Crippen LogP contribution in [0, 0.1) is 6.92 Å². The Labute approximate surface area is 206 Å². The molecule has 4 rings (SSSR count). The third-order valence-corrected chi connectivity index (χ3v) is 6.08. The van der Waals surface area contributed by atoms with Gasteiger partial charge >= 0.3 is 5.97 Å². The van der Waals surface area contributed by atoms with Crippen molar-refractivity contribution in [3.63, 3.8) is 0 Å². The molecule has 0 fully saturated rings. The standard InChI is InChI=1S/C24H26BrN5O4/c1-5-32-19-12-17(11-18(25)22(19)34-13-16-10-8-7-9-14(16)3)21-20(23(31)33-6-2)15(4)26-24-27-28-29-30(21)24/h7-12,21H,5-6,13H2,1-4H3,(H,26,27,29). The molecule has 0 spiro atoms. The van der Waals surface area contributed by atoms with Gasteiger partial charge in [-0.15, -0.1) is 0 Å². The Kier molecular flexibility index (Phi) is 7.16. The van der Waals surface area contributed by atoms with Crippen LogP contribution in [0.4, 0.5) is 5.95 Å². The summed E-state index contributed by atoms with van der Waals surface area (Å²) in [6.45, 7) is 8.61. The van der Waals surface area contributed by atoms with Crippen molar-refractivity contribution in [3.05, 3.63) is 68.8 Å². The number of fused-ring (bicyclic) bond motifs is 1. The van der Waals surface area contributed by atoms with Crippen LogP contribution in [0.2, 0.25) is 0 Å². The van der Waals surface area contributed by atoms with Crippen LogP contribution in [0.5, 0.6) is 11.5 Å². The number of aromatic nitrogens is 4. The minimum Gasteiger partial charge on any atom is -0.490 e. The molecule has 9 nitrogen and oxygen atoms in total. The maximum Gasteiger partial charge on any atom is 0.338 e. The predicted molar refractivity (Wildman–Crippen MR) is 130 cm³/mol. The van der Waals surface area contributed by atoms with E-state index in [0.717, 1.165) is 16.7 Å². The van der Waals surface area contributed by atoms with Crippen LogP contribution in [0.15, 0.2) is 52.1 Å². The average molecular weight is 528 g/mol. The van der Waals surface area contributed by atoms with Gasteiger partial charge in [0.2, 0.25) is 5.95 Å². The highest BCUT2D eigenvalue weighted by atomic mass is 79.9. The van der Waals surface area contributed by atoms with Gasteiger partial charge in [-0.2, -0.15) is 4.68 Å². The largest absolute Gasteiger partial charge is 0.490 e. The lowest BCUT2D eigenvalue weighted by atomic mass is 9.95. The first-order valence-electron chi connectivity index (χ1n) is 11.0. The summed E-state index contributed by atoms with van der Waals surface area (Å²) in [6, 6.07) is 11.2. The van der Waals surface area contributed by atoms with Crippen molar-refractivity contribution >= 4 is 27.8 Å². The molecular formula is C24H26BrN5O4. The number of carbonyl (C=O) groups is 1. The second-order valence-electron chi connectivity index (χ2n) is 7.71. The summed E-state index contributed by atoms with van der Waals surface area (Å²) in [5.41, 5.74) is 4.02. The zero-order valence-corrected chi connectivity index (χ0v) is 21.0. The van der Waals surface area contributed by atoms with Crippen LogP contribution < -0.4 is 14.8 Å². The van der Waals surface area contributed by atoms with Gasteiger partial charge in [0.05, 0.1) is 23.3 Å². The van der Waals surface area contributed by atoms with Gasteiger partial charge in [-0.1, -0.05) is 29.4 Å². The first kappa shape index (κ1) is 23.7. The number of hydrogen-bond donors (Lipinski definition) is 1. The first-order valence-corrected chi connectivity index (χ1v) is 11.8. The van der Waals surface area contributed by atoms with E-state index >= 15 is 0 Å². The summed E-state index contributed by atoms with van der Waals surface area (Å²) in [5.74, 6) is 1.13. The quantitative estimate of drug-likeness (QED) is 0.425. The van der Waals surface area contributed by atoms with Crippen molar-refractivity contribution in [3.8, 4) is 11.5 Å². The molecule has 0 radical (unpaired) electrons. The number of halogens is 1. The van der Waals surface area contributed by atoms with Gasteiger partial charge in [-0.25, -0.2) is 4.79 Å². The monoisotopic (exact) mass is 527 g/mol. The SMILES string of the molecule is CCOC(=O)C1=C(C)Nc2nnnn2C1c1cc(Br)c(OCc2ccccc2C)c(OCC)c1. The van der Waals surface area contributed by atoms with Gasteiger partial charge in [-0.3, -0.25) is 0 Å². The molecule has 2 heterocycles. The maximum atomic E-state index is 12.9. The number of ether oxygens (including phenoxy) is 3. The van der Waals surface area contributed by atoms with Crippen LogP contribution in [-0.2, 0) is 16.1 Å². The zero-order valence-electron chi connectivity index (χ0n) is 19.5. The van der Waals surface area contributed by atoms with Crippen molar-refractivity contribution in [2.75, 3.05) is 18.5 Å². The molecule has 0 saturated carbocycles. The third kappa shape index (κ3) is 4.63. The molecule has 0 bridgehead atoms. The van der Waals surface area contributed by atoms with Crippen molar-refractivity contribution < 1.29 is 19.0 Å².